The van der Waals surface area contributed by atoms with Crippen LogP contribution < -0.4 is 0 Å². The fourth-order valence-electron chi connectivity index (χ4n) is 15.9. The van der Waals surface area contributed by atoms with Crippen LogP contribution in [0.5, 0.6) is 0 Å². The van der Waals surface area contributed by atoms with Crippen LogP contribution >= 0.6 is 17.2 Å². The minimum Gasteiger partial charge on any atom is -0.345 e. The molecule has 258 valence electrons. The van der Waals surface area contributed by atoms with Crippen molar-refractivity contribution >= 4 is 17.2 Å². The topological polar surface area (TPSA) is 27.7 Å². The van der Waals surface area contributed by atoms with Gasteiger partial charge in [-0.25, -0.2) is 0 Å². The summed E-state index contributed by atoms with van der Waals surface area (Å²) in [6.45, 7) is 14.3. The number of benzene rings is 1. The molecule has 4 heterocycles. The molecule has 1 aromatic carbocycles. The Morgan fingerprint density at radius 2 is 1.23 bits per heavy atom. The lowest BCUT2D eigenvalue weighted by Gasteiger charge is -2.72. The maximum absolute atomic E-state index is 7.17. The summed E-state index contributed by atoms with van der Waals surface area (Å²) >= 11 is 0. The Labute approximate surface area is 289 Å². The minimum absolute atomic E-state index is 0.123. The van der Waals surface area contributed by atoms with Crippen LogP contribution in [0.1, 0.15) is 148 Å². The second kappa shape index (κ2) is 9.88. The SMILES string of the molecule is CC12CC3(C)OC(CC(C)(O1)C3(CP)c1ccc(C(C)(C)C)cc1CP(C13CC4CC(CC(C4)C1)C3)C13CC4CC(CC(C4)C1)C3)O2. The molecular formula is C42H62O3P2. The molecule has 47 heavy (non-hydrogen) atoms. The molecule has 0 N–H and O–H groups in total. The normalized spacial score (nSPS) is 54.1. The van der Waals surface area contributed by atoms with Gasteiger partial charge in [-0.2, -0.15) is 0 Å². The highest BCUT2D eigenvalue weighted by Crippen LogP contribution is 2.80. The van der Waals surface area contributed by atoms with Crippen molar-refractivity contribution in [2.45, 2.75) is 182 Å². The number of hydrogen-bond acceptors (Lipinski definition) is 3. The van der Waals surface area contributed by atoms with E-state index in [-0.39, 0.29) is 36.2 Å². The highest BCUT2D eigenvalue weighted by molar-refractivity contribution is 7.60. The molecule has 12 fully saturated rings. The van der Waals surface area contributed by atoms with Crippen LogP contribution in [0.3, 0.4) is 0 Å². The average molecular weight is 677 g/mol. The lowest BCUT2D eigenvalue weighted by molar-refractivity contribution is -0.498. The molecule has 0 aromatic heterocycles. The van der Waals surface area contributed by atoms with E-state index in [9.17, 15) is 0 Å². The highest BCUT2D eigenvalue weighted by atomic mass is 31.1. The van der Waals surface area contributed by atoms with Gasteiger partial charge in [0, 0.05) is 12.8 Å². The van der Waals surface area contributed by atoms with Gasteiger partial charge in [0.05, 0.1) is 16.6 Å². The number of hydrogen-bond donors (Lipinski definition) is 0. The largest absolute Gasteiger partial charge is 0.345 e. The van der Waals surface area contributed by atoms with Gasteiger partial charge in [-0.3, -0.25) is 0 Å². The monoisotopic (exact) mass is 676 g/mol. The van der Waals surface area contributed by atoms with Crippen molar-refractivity contribution in [2.75, 3.05) is 6.16 Å². The first-order chi connectivity index (χ1) is 22.2. The molecule has 12 aliphatic rings. The predicted molar refractivity (Wildman–Crippen MR) is 195 cm³/mol. The highest BCUT2D eigenvalue weighted by Gasteiger charge is 2.75. The minimum atomic E-state index is -0.565. The molecule has 4 aliphatic heterocycles. The fraction of sp³-hybridized carbons (Fsp3) is 0.857. The Balaban J connectivity index is 1.16. The first-order valence-electron chi connectivity index (χ1n) is 19.8. The Morgan fingerprint density at radius 3 is 1.66 bits per heavy atom. The molecule has 0 amide bonds. The van der Waals surface area contributed by atoms with E-state index in [1.54, 1.807) is 88.2 Å². The second-order valence-electron chi connectivity index (χ2n) is 20.8. The molecule has 8 aliphatic carbocycles. The van der Waals surface area contributed by atoms with Crippen LogP contribution in [-0.2, 0) is 31.2 Å². The third-order valence-electron chi connectivity index (χ3n) is 16.5. The van der Waals surface area contributed by atoms with Gasteiger partial charge in [0.15, 0.2) is 12.1 Å². The van der Waals surface area contributed by atoms with Crippen LogP contribution in [0.25, 0.3) is 0 Å². The lowest BCUT2D eigenvalue weighted by Crippen LogP contribution is -2.81. The van der Waals surface area contributed by atoms with E-state index in [1.807, 2.05) is 0 Å². The van der Waals surface area contributed by atoms with Crippen molar-refractivity contribution < 1.29 is 14.2 Å². The molecule has 5 heteroatoms. The van der Waals surface area contributed by atoms with Gasteiger partial charge < -0.3 is 14.2 Å². The van der Waals surface area contributed by atoms with Gasteiger partial charge in [-0.1, -0.05) is 46.9 Å². The molecule has 1 aromatic rings. The summed E-state index contributed by atoms with van der Waals surface area (Å²) in [5.41, 5.74) is 3.98. The Hall–Kier alpha value is -0.0400. The summed E-state index contributed by atoms with van der Waals surface area (Å²) in [4.78, 5) is 0. The van der Waals surface area contributed by atoms with Gasteiger partial charge in [-0.05, 0) is 178 Å². The molecule has 0 radical (unpaired) electrons. The molecule has 12 bridgehead atoms. The Kier molecular flexibility index (Phi) is 6.66. The fourth-order valence-corrected chi connectivity index (χ4v) is 22.1. The van der Waals surface area contributed by atoms with Gasteiger partial charge in [0.25, 0.3) is 0 Å². The summed E-state index contributed by atoms with van der Waals surface area (Å²) in [6, 6.07) is 7.83. The van der Waals surface area contributed by atoms with Gasteiger partial charge in [0.2, 0.25) is 0 Å². The predicted octanol–water partition coefficient (Wildman–Crippen LogP) is 10.4. The van der Waals surface area contributed by atoms with Crippen LogP contribution in [0.15, 0.2) is 18.2 Å². The lowest BCUT2D eigenvalue weighted by atomic mass is 9.52. The summed E-state index contributed by atoms with van der Waals surface area (Å²) in [7, 11) is 3.06. The van der Waals surface area contributed by atoms with E-state index in [0.717, 1.165) is 54.5 Å². The van der Waals surface area contributed by atoms with Gasteiger partial charge in [-0.15, -0.1) is 9.24 Å². The summed E-state index contributed by atoms with van der Waals surface area (Å²) < 4.78 is 20.6. The zero-order valence-corrected chi connectivity index (χ0v) is 32.4. The Bertz CT molecular complexity index is 1340. The Morgan fingerprint density at radius 1 is 0.723 bits per heavy atom. The van der Waals surface area contributed by atoms with Crippen LogP contribution in [0.4, 0.5) is 0 Å². The first-order valence-corrected chi connectivity index (χ1v) is 22.2. The zero-order valence-electron chi connectivity index (χ0n) is 30.3. The maximum atomic E-state index is 7.17. The smallest absolute Gasteiger partial charge is 0.172 e. The molecular weight excluding hydrogens is 614 g/mol. The van der Waals surface area contributed by atoms with E-state index in [4.69, 9.17) is 14.2 Å². The summed E-state index contributed by atoms with van der Waals surface area (Å²) in [6.07, 6.45) is 22.4. The van der Waals surface area contributed by atoms with E-state index < -0.39 is 5.79 Å². The van der Waals surface area contributed by atoms with Gasteiger partial charge in [0.1, 0.15) is 0 Å². The standard InChI is InChI=1S/C42H62O3P2/c1-36(2,3)33-7-8-34(42(25-46)37(4)22-35-43-38(42,5)24-39(6,44-35)45-37)32(15-33)23-47(40-16-26-9-27(17-40)11-28(10-26)18-40)41-19-29-12-30(20-41)14-31(13-29)21-41/h7-8,15,26-31,35H,9-14,16-25,46H2,1-6H3. The van der Waals surface area contributed by atoms with Crippen molar-refractivity contribution in [3.8, 4) is 0 Å². The second-order valence-corrected chi connectivity index (χ2v) is 24.3. The van der Waals surface area contributed by atoms with Crippen LogP contribution in [-0.4, -0.2) is 39.8 Å². The molecule has 6 atom stereocenters. The molecule has 3 nitrogen and oxygen atoms in total. The summed E-state index contributed by atoms with van der Waals surface area (Å²) in [5, 5.41) is 1.23. The van der Waals surface area contributed by atoms with E-state index >= 15 is 0 Å². The van der Waals surface area contributed by atoms with Gasteiger partial charge >= 0.3 is 0 Å². The third-order valence-corrected chi connectivity index (χ3v) is 21.1. The van der Waals surface area contributed by atoms with E-state index in [2.05, 4.69) is 69.0 Å². The number of rotatable bonds is 6. The van der Waals surface area contributed by atoms with Crippen LogP contribution in [0, 0.1) is 35.5 Å². The van der Waals surface area contributed by atoms with E-state index in [1.165, 1.54) is 11.7 Å². The molecule has 0 spiro atoms. The molecule has 4 saturated heterocycles. The molecule has 6 unspecified atom stereocenters. The van der Waals surface area contributed by atoms with Crippen molar-refractivity contribution in [1.29, 1.82) is 0 Å². The van der Waals surface area contributed by atoms with E-state index in [0.29, 0.717) is 10.3 Å². The quantitative estimate of drug-likeness (QED) is 0.281. The van der Waals surface area contributed by atoms with Crippen molar-refractivity contribution in [3.05, 3.63) is 34.9 Å². The van der Waals surface area contributed by atoms with Crippen molar-refractivity contribution in [3.63, 3.8) is 0 Å². The van der Waals surface area contributed by atoms with Crippen molar-refractivity contribution in [2.24, 2.45) is 35.5 Å². The summed E-state index contributed by atoms with van der Waals surface area (Å²) in [5.74, 6) is 5.54. The molecule has 13 rings (SSSR count). The average Bonchev–Trinajstić information content (AvgIpc) is 2.92. The maximum Gasteiger partial charge on any atom is 0.172 e. The van der Waals surface area contributed by atoms with Crippen LogP contribution in [0.2, 0.25) is 0 Å². The molecule has 8 saturated carbocycles. The zero-order chi connectivity index (χ0) is 32.4. The number of ether oxygens (including phenoxy) is 3. The first kappa shape index (κ1) is 31.7. The van der Waals surface area contributed by atoms with Crippen molar-refractivity contribution in [1.82, 2.24) is 0 Å². The third kappa shape index (κ3) is 4.35.